The Kier molecular flexibility index (Phi) is 0.998. The van der Waals surface area contributed by atoms with Gasteiger partial charge in [0.05, 0.1) is 23.0 Å². The number of carboxylic acids is 1. The first-order valence-electron chi connectivity index (χ1n) is 6.33. The summed E-state index contributed by atoms with van der Waals surface area (Å²) in [6.45, 7) is 1.32. The summed E-state index contributed by atoms with van der Waals surface area (Å²) in [6, 6.07) is 0. The standard InChI is InChI=1S/C12H11BrO4/c13-11-5-3-4(5)10(9(14)15)7(8(10)11)6(3)12(11)16-1-2-17-12/h3-8H,1-2H2,(H,14,15)/t3-,4+,5-,6-,7+,8+,10+,11-/m0/s1. The van der Waals surface area contributed by atoms with Gasteiger partial charge >= 0.3 is 5.97 Å². The third-order valence-electron chi connectivity index (χ3n) is 6.74. The zero-order valence-corrected chi connectivity index (χ0v) is 10.5. The van der Waals surface area contributed by atoms with Crippen molar-refractivity contribution in [1.29, 1.82) is 0 Å². The second-order valence-corrected chi connectivity index (χ2v) is 7.84. The van der Waals surface area contributed by atoms with Crippen LogP contribution in [0.1, 0.15) is 0 Å². The molecular weight excluding hydrogens is 288 g/mol. The minimum absolute atomic E-state index is 0.181. The quantitative estimate of drug-likeness (QED) is 0.724. The normalized spacial score (nSPS) is 73.5. The number of aliphatic carboxylic acids is 1. The van der Waals surface area contributed by atoms with Gasteiger partial charge < -0.3 is 14.6 Å². The lowest BCUT2D eigenvalue weighted by Gasteiger charge is -2.37. The van der Waals surface area contributed by atoms with Crippen molar-refractivity contribution in [3.63, 3.8) is 0 Å². The number of carbonyl (C=O) groups is 1. The van der Waals surface area contributed by atoms with Gasteiger partial charge in [0.15, 0.2) is 5.79 Å². The van der Waals surface area contributed by atoms with E-state index in [-0.39, 0.29) is 10.2 Å². The molecule has 90 valence electrons. The molecule has 7 rings (SSSR count). The van der Waals surface area contributed by atoms with Gasteiger partial charge in [0.25, 0.3) is 0 Å². The minimum atomic E-state index is -0.568. The second kappa shape index (κ2) is 1.91. The number of halogens is 1. The predicted molar refractivity (Wildman–Crippen MR) is 57.3 cm³/mol. The Morgan fingerprint density at radius 3 is 2.29 bits per heavy atom. The lowest BCUT2D eigenvalue weighted by molar-refractivity contribution is -0.193. The van der Waals surface area contributed by atoms with Crippen LogP contribution in [-0.4, -0.2) is 34.4 Å². The highest BCUT2D eigenvalue weighted by molar-refractivity contribution is 9.10. The van der Waals surface area contributed by atoms with Gasteiger partial charge in [-0.3, -0.25) is 4.79 Å². The Balaban J connectivity index is 1.63. The lowest BCUT2D eigenvalue weighted by atomic mass is 9.94. The van der Waals surface area contributed by atoms with Gasteiger partial charge in [0.2, 0.25) is 0 Å². The van der Waals surface area contributed by atoms with Crippen LogP contribution in [0.3, 0.4) is 0 Å². The van der Waals surface area contributed by atoms with E-state index in [2.05, 4.69) is 15.9 Å². The number of ether oxygens (including phenoxy) is 2. The van der Waals surface area contributed by atoms with Gasteiger partial charge in [-0.25, -0.2) is 0 Å². The van der Waals surface area contributed by atoms with Crippen molar-refractivity contribution in [3.05, 3.63) is 0 Å². The maximum Gasteiger partial charge on any atom is 0.310 e. The van der Waals surface area contributed by atoms with Crippen molar-refractivity contribution in [1.82, 2.24) is 0 Å². The van der Waals surface area contributed by atoms with Gasteiger partial charge in [0.1, 0.15) is 0 Å². The number of rotatable bonds is 1. The molecule has 0 aromatic carbocycles. The maximum atomic E-state index is 11.6. The summed E-state index contributed by atoms with van der Waals surface area (Å²) in [7, 11) is 0. The van der Waals surface area contributed by atoms with Gasteiger partial charge in [-0.2, -0.15) is 0 Å². The first-order chi connectivity index (χ1) is 8.13. The molecule has 0 radical (unpaired) electrons. The molecule has 0 unspecified atom stereocenters. The predicted octanol–water partition coefficient (Wildman–Crippen LogP) is 0.699. The Labute approximate surface area is 106 Å². The van der Waals surface area contributed by atoms with Crippen LogP contribution in [0.2, 0.25) is 0 Å². The molecule has 1 heterocycles. The summed E-state index contributed by atoms with van der Waals surface area (Å²) < 4.78 is 11.8. The zero-order valence-electron chi connectivity index (χ0n) is 8.93. The molecule has 0 aromatic heterocycles. The molecule has 0 aromatic rings. The average molecular weight is 299 g/mol. The van der Waals surface area contributed by atoms with Gasteiger partial charge in [-0.05, 0) is 23.7 Å². The Morgan fingerprint density at radius 1 is 1.18 bits per heavy atom. The summed E-state index contributed by atoms with van der Waals surface area (Å²) in [4.78, 5) is 11.6. The third-order valence-corrected chi connectivity index (χ3v) is 8.32. The highest BCUT2D eigenvalue weighted by Gasteiger charge is 3.10. The van der Waals surface area contributed by atoms with Crippen LogP contribution in [0.4, 0.5) is 0 Å². The molecule has 1 N–H and O–H groups in total. The fourth-order valence-corrected chi connectivity index (χ4v) is 8.56. The first kappa shape index (κ1) is 8.88. The van der Waals surface area contributed by atoms with E-state index in [9.17, 15) is 9.90 Å². The van der Waals surface area contributed by atoms with E-state index in [0.29, 0.717) is 42.8 Å². The highest BCUT2D eigenvalue weighted by Crippen LogP contribution is 3.04. The average Bonchev–Trinajstić information content (AvgIpc) is 2.97. The molecule has 7 aliphatic rings. The van der Waals surface area contributed by atoms with Crippen molar-refractivity contribution < 1.29 is 19.4 Å². The Bertz CT molecular complexity index is 515. The zero-order chi connectivity index (χ0) is 11.4. The van der Waals surface area contributed by atoms with Gasteiger partial charge in [0, 0.05) is 11.8 Å². The van der Waals surface area contributed by atoms with Crippen molar-refractivity contribution in [3.8, 4) is 0 Å². The summed E-state index contributed by atoms with van der Waals surface area (Å²) in [5.41, 5.74) is -0.399. The smallest absolute Gasteiger partial charge is 0.310 e. The number of alkyl halides is 1. The number of hydrogen-bond donors (Lipinski definition) is 1. The highest BCUT2D eigenvalue weighted by atomic mass is 79.9. The van der Waals surface area contributed by atoms with E-state index in [0.717, 1.165) is 0 Å². The molecule has 4 nitrogen and oxygen atoms in total. The molecule has 5 heteroatoms. The van der Waals surface area contributed by atoms with E-state index in [4.69, 9.17) is 9.47 Å². The second-order valence-electron chi connectivity index (χ2n) is 6.53. The molecule has 1 saturated heterocycles. The summed E-state index contributed by atoms with van der Waals surface area (Å²) in [5, 5.41) is 9.59. The summed E-state index contributed by atoms with van der Waals surface area (Å²) in [6.07, 6.45) is 0. The molecule has 8 atom stereocenters. The van der Waals surface area contributed by atoms with E-state index >= 15 is 0 Å². The maximum absolute atomic E-state index is 11.6. The Hall–Kier alpha value is -0.130. The molecule has 0 amide bonds. The fraction of sp³-hybridized carbons (Fsp3) is 0.917. The topological polar surface area (TPSA) is 55.8 Å². The lowest BCUT2D eigenvalue weighted by Crippen LogP contribution is -2.50. The van der Waals surface area contributed by atoms with Crippen LogP contribution in [0.25, 0.3) is 0 Å². The largest absolute Gasteiger partial charge is 0.481 e. The van der Waals surface area contributed by atoms with Crippen LogP contribution >= 0.6 is 15.9 Å². The monoisotopic (exact) mass is 298 g/mol. The molecule has 6 saturated carbocycles. The van der Waals surface area contributed by atoms with Gasteiger partial charge in [-0.15, -0.1) is 0 Å². The van der Waals surface area contributed by atoms with Crippen LogP contribution in [0, 0.1) is 40.9 Å². The summed E-state index contributed by atoms with van der Waals surface area (Å²) in [5.74, 6) is 1.35. The van der Waals surface area contributed by atoms with Crippen molar-refractivity contribution in [2.75, 3.05) is 13.2 Å². The minimum Gasteiger partial charge on any atom is -0.481 e. The van der Waals surface area contributed by atoms with Crippen LogP contribution in [0.15, 0.2) is 0 Å². The SMILES string of the molecule is O=C(O)[C@]12[C@@H]3[C@@H]4[C@H]5[C@@H]1[C@H]2[C@@](Br)([C@@H]43)C51OCCO1. The van der Waals surface area contributed by atoms with Gasteiger partial charge in [-0.1, -0.05) is 15.9 Å². The molecular formula is C12H11BrO4. The molecule has 6 aliphatic carbocycles. The third kappa shape index (κ3) is 0.479. The van der Waals surface area contributed by atoms with E-state index in [1.165, 1.54) is 0 Å². The molecule has 2 bridgehead atoms. The van der Waals surface area contributed by atoms with Crippen molar-refractivity contribution in [2.45, 2.75) is 10.1 Å². The molecule has 1 aliphatic heterocycles. The van der Waals surface area contributed by atoms with E-state index in [1.54, 1.807) is 0 Å². The van der Waals surface area contributed by atoms with E-state index in [1.807, 2.05) is 0 Å². The van der Waals surface area contributed by atoms with Crippen LogP contribution in [0.5, 0.6) is 0 Å². The van der Waals surface area contributed by atoms with E-state index < -0.39 is 17.2 Å². The Morgan fingerprint density at radius 2 is 1.88 bits per heavy atom. The van der Waals surface area contributed by atoms with Crippen molar-refractivity contribution in [2.24, 2.45) is 40.9 Å². The number of hydrogen-bond acceptors (Lipinski definition) is 3. The first-order valence-corrected chi connectivity index (χ1v) is 7.13. The molecule has 7 fully saturated rings. The van der Waals surface area contributed by atoms with Crippen LogP contribution < -0.4 is 0 Å². The summed E-state index contributed by atoms with van der Waals surface area (Å²) >= 11 is 3.90. The fourth-order valence-electron chi connectivity index (χ4n) is 6.82. The van der Waals surface area contributed by atoms with Crippen LogP contribution in [-0.2, 0) is 14.3 Å². The molecule has 1 spiro atoms. The molecule has 17 heavy (non-hydrogen) atoms. The van der Waals surface area contributed by atoms with Crippen molar-refractivity contribution >= 4 is 21.9 Å². The number of carboxylic acid groups (broad SMARTS) is 1.